The molecule has 2 N–H and O–H groups in total. The second kappa shape index (κ2) is 10.9. The van der Waals surface area contributed by atoms with Crippen molar-refractivity contribution in [2.75, 3.05) is 53.9 Å². The zero-order valence-corrected chi connectivity index (χ0v) is 24.0. The van der Waals surface area contributed by atoms with Gasteiger partial charge < -0.3 is 47.7 Å². The highest BCUT2D eigenvalue weighted by Gasteiger charge is 2.66. The van der Waals surface area contributed by atoms with E-state index < -0.39 is 100 Å². The van der Waals surface area contributed by atoms with Gasteiger partial charge in [-0.2, -0.15) is 0 Å². The van der Waals surface area contributed by atoms with Crippen molar-refractivity contribution in [2.45, 2.75) is 71.4 Å². The van der Waals surface area contributed by atoms with Crippen LogP contribution in [0.1, 0.15) is 0 Å². The molecule has 11 unspecified atom stereocenters. The average molecular weight is 620 g/mol. The molecule has 41 heavy (non-hydrogen) atoms. The molecule has 6 aliphatic rings. The predicted octanol–water partition coefficient (Wildman–Crippen LogP) is -2.36. The van der Waals surface area contributed by atoms with Gasteiger partial charge in [0, 0.05) is 32.2 Å². The van der Waals surface area contributed by atoms with Crippen LogP contribution in [0.3, 0.4) is 0 Å². The first-order chi connectivity index (χ1) is 19.3. The van der Waals surface area contributed by atoms with Gasteiger partial charge in [0.1, 0.15) is 77.0 Å². The molecule has 0 saturated carbocycles. The lowest BCUT2D eigenvalue weighted by Crippen LogP contribution is -2.47. The molecule has 6 fully saturated rings. The molecule has 14 atom stereocenters. The number of fused-ring (bicyclic) bond motifs is 6. The minimum absolute atomic E-state index is 0.0167. The maximum atomic E-state index is 13.1. The number of phosphoric ester groups is 2. The quantitative estimate of drug-likeness (QED) is 0.165. The second-order valence-electron chi connectivity index (χ2n) is 10.9. The van der Waals surface area contributed by atoms with E-state index in [1.54, 1.807) is 0 Å². The molecule has 6 rings (SSSR count). The molecule has 0 aromatic heterocycles. The SMILES string of the molecule is [B]C1O[C@]2(COP(=O)(O)OC3C4OC[C@@]3(COP(=O)(O)OC3C5OC[C@@]3(COC)OC5[B])OC4[B])COC1C2OC. The topological polar surface area (TPSA) is 185 Å². The molecule has 16 nitrogen and oxygen atoms in total. The molecule has 6 saturated heterocycles. The van der Waals surface area contributed by atoms with Crippen LogP contribution in [-0.4, -0.2) is 159 Å². The summed E-state index contributed by atoms with van der Waals surface area (Å²) in [5.41, 5.74) is -4.09. The highest BCUT2D eigenvalue weighted by Crippen LogP contribution is 2.57. The molecule has 6 heterocycles. The van der Waals surface area contributed by atoms with Gasteiger partial charge >= 0.3 is 15.6 Å². The molecule has 0 aliphatic carbocycles. The monoisotopic (exact) mass is 620 g/mol. The lowest BCUT2D eigenvalue weighted by molar-refractivity contribution is -0.145. The number of hydrogen-bond acceptors (Lipinski definition) is 14. The number of hydrogen-bond donors (Lipinski definition) is 2. The van der Waals surface area contributed by atoms with Crippen molar-refractivity contribution in [3.63, 3.8) is 0 Å². The Hall–Kier alpha value is 0.0948. The van der Waals surface area contributed by atoms with Crippen LogP contribution in [0.2, 0.25) is 0 Å². The maximum Gasteiger partial charge on any atom is 0.472 e. The molecule has 0 spiro atoms. The van der Waals surface area contributed by atoms with Gasteiger partial charge in [0.25, 0.3) is 0 Å². The van der Waals surface area contributed by atoms with Gasteiger partial charge in [-0.3, -0.25) is 18.1 Å². The van der Waals surface area contributed by atoms with E-state index in [4.69, 9.17) is 79.5 Å². The Morgan fingerprint density at radius 1 is 0.683 bits per heavy atom. The van der Waals surface area contributed by atoms with Gasteiger partial charge in [-0.15, -0.1) is 0 Å². The third-order valence-electron chi connectivity index (χ3n) is 8.17. The van der Waals surface area contributed by atoms with Crippen LogP contribution in [0.4, 0.5) is 0 Å². The number of rotatable bonds is 13. The van der Waals surface area contributed by atoms with Gasteiger partial charge in [0.15, 0.2) is 0 Å². The first-order valence-corrected chi connectivity index (χ1v) is 15.8. The molecule has 6 bridgehead atoms. The van der Waals surface area contributed by atoms with E-state index in [9.17, 15) is 18.9 Å². The summed E-state index contributed by atoms with van der Waals surface area (Å²) in [6.07, 6.45) is -5.47. The van der Waals surface area contributed by atoms with Crippen LogP contribution in [-0.2, 0) is 65.1 Å². The molecule has 224 valence electrons. The molecule has 0 aromatic carbocycles. The van der Waals surface area contributed by atoms with E-state index in [-0.39, 0.29) is 26.4 Å². The van der Waals surface area contributed by atoms with Crippen molar-refractivity contribution in [2.24, 2.45) is 0 Å². The Morgan fingerprint density at radius 2 is 1.05 bits per heavy atom. The normalized spacial score (nSPS) is 50.9. The van der Waals surface area contributed by atoms with Crippen LogP contribution in [0.25, 0.3) is 0 Å². The zero-order valence-electron chi connectivity index (χ0n) is 22.2. The fourth-order valence-electron chi connectivity index (χ4n) is 6.35. The lowest BCUT2D eigenvalue weighted by atomic mass is 9.92. The fraction of sp³-hybridized carbons (Fsp3) is 1.00. The van der Waals surface area contributed by atoms with Crippen molar-refractivity contribution in [3.8, 4) is 0 Å². The van der Waals surface area contributed by atoms with E-state index in [0.29, 0.717) is 0 Å². The molecular weight excluding hydrogens is 591 g/mol. The van der Waals surface area contributed by atoms with Crippen LogP contribution in [0.5, 0.6) is 0 Å². The molecule has 21 heteroatoms. The largest absolute Gasteiger partial charge is 0.472 e. The summed E-state index contributed by atoms with van der Waals surface area (Å²) < 4.78 is 91.9. The van der Waals surface area contributed by atoms with Crippen molar-refractivity contribution in [1.29, 1.82) is 0 Å². The fourth-order valence-corrected chi connectivity index (χ4v) is 8.43. The predicted molar refractivity (Wildman–Crippen MR) is 133 cm³/mol. The van der Waals surface area contributed by atoms with E-state index in [1.807, 2.05) is 0 Å². The van der Waals surface area contributed by atoms with Crippen molar-refractivity contribution >= 4 is 39.2 Å². The van der Waals surface area contributed by atoms with E-state index >= 15 is 0 Å². The third-order valence-corrected chi connectivity index (χ3v) is 10.1. The Kier molecular flexibility index (Phi) is 8.24. The van der Waals surface area contributed by atoms with Crippen LogP contribution >= 0.6 is 15.6 Å². The summed E-state index contributed by atoms with van der Waals surface area (Å²) in [5.74, 6) is 0. The highest BCUT2D eigenvalue weighted by molar-refractivity contribution is 7.47. The van der Waals surface area contributed by atoms with E-state index in [2.05, 4.69) is 0 Å². The minimum Gasteiger partial charge on any atom is -0.381 e. The smallest absolute Gasteiger partial charge is 0.381 e. The Labute approximate surface area is 239 Å². The van der Waals surface area contributed by atoms with Gasteiger partial charge in [0.05, 0.1) is 39.6 Å². The minimum atomic E-state index is -4.84. The van der Waals surface area contributed by atoms with Crippen LogP contribution < -0.4 is 0 Å². The van der Waals surface area contributed by atoms with Crippen molar-refractivity contribution < 1.29 is 74.9 Å². The van der Waals surface area contributed by atoms with Gasteiger partial charge in [0.2, 0.25) is 0 Å². The standard InChI is InChI=1S/C20H29B3O16P2/c1-28-3-18-4-31-10(16(22)35-18)13(18)38-41(26,27)34-8-20-6-32-11(17(23)37-20)14(20)39-40(24,25)33-7-19-5-30-9(12(19)29-2)15(21)36-19/h9-17H,3-8H2,1-2H3,(H,24,25)(H,26,27)/t9?,10?,11?,12?,13?,14?,15?,16?,17?,18-,19+,20+/m1/s1. The summed E-state index contributed by atoms with van der Waals surface area (Å²) >= 11 is 0. The third kappa shape index (κ3) is 5.27. The summed E-state index contributed by atoms with van der Waals surface area (Å²) in [7, 11) is 11.0. The summed E-state index contributed by atoms with van der Waals surface area (Å²) in [4.78, 5) is 21.2. The highest BCUT2D eigenvalue weighted by atomic mass is 31.2. The Balaban J connectivity index is 1.11. The lowest BCUT2D eigenvalue weighted by Gasteiger charge is -2.33. The summed E-state index contributed by atoms with van der Waals surface area (Å²) in [5, 5.41) is 0. The summed E-state index contributed by atoms with van der Waals surface area (Å²) in [6, 6.07) is -2.83. The first kappa shape index (κ1) is 31.1. The zero-order chi connectivity index (χ0) is 29.4. The maximum absolute atomic E-state index is 13.1. The van der Waals surface area contributed by atoms with E-state index in [1.165, 1.54) is 14.2 Å². The summed E-state index contributed by atoms with van der Waals surface area (Å²) in [6.45, 7) is -1.32. The molecular formula is C20H29B3O16P2. The van der Waals surface area contributed by atoms with Gasteiger partial charge in [-0.05, 0) is 0 Å². The van der Waals surface area contributed by atoms with Crippen molar-refractivity contribution in [3.05, 3.63) is 0 Å². The first-order valence-electron chi connectivity index (χ1n) is 12.8. The second-order valence-corrected chi connectivity index (χ2v) is 13.7. The van der Waals surface area contributed by atoms with Gasteiger partial charge in [-0.25, -0.2) is 9.13 Å². The number of methoxy groups -OCH3 is 2. The molecule has 0 amide bonds. The van der Waals surface area contributed by atoms with E-state index in [0.717, 1.165) is 0 Å². The van der Waals surface area contributed by atoms with Gasteiger partial charge in [-0.1, -0.05) is 0 Å². The molecule has 0 aromatic rings. The van der Waals surface area contributed by atoms with Crippen molar-refractivity contribution in [1.82, 2.24) is 0 Å². The Morgan fingerprint density at radius 3 is 1.41 bits per heavy atom. The Bertz CT molecular complexity index is 1110. The molecule has 6 aliphatic heterocycles. The molecule has 6 radical (unpaired) electrons. The number of ether oxygens (including phenoxy) is 8. The van der Waals surface area contributed by atoms with Crippen LogP contribution in [0, 0.1) is 0 Å². The average Bonchev–Trinajstić information content (AvgIpc) is 3.69. The van der Waals surface area contributed by atoms with Crippen LogP contribution in [0.15, 0.2) is 0 Å². The number of phosphoric acid groups is 2.